The zero-order valence-corrected chi connectivity index (χ0v) is 12.5. The van der Waals surface area contributed by atoms with Gasteiger partial charge in [-0.1, -0.05) is 26.0 Å². The van der Waals surface area contributed by atoms with E-state index in [1.165, 1.54) is 11.3 Å². The number of carbonyl (C=O) groups is 1. The van der Waals surface area contributed by atoms with Crippen molar-refractivity contribution in [1.82, 2.24) is 4.98 Å². The monoisotopic (exact) mass is 289 g/mol. The van der Waals surface area contributed by atoms with Crippen molar-refractivity contribution in [3.05, 3.63) is 29.6 Å². The first-order valence-electron chi connectivity index (χ1n) is 6.66. The Balaban J connectivity index is 1.98. The van der Waals surface area contributed by atoms with E-state index >= 15 is 0 Å². The molecule has 2 aromatic rings. The minimum Gasteiger partial charge on any atom is -0.399 e. The average molecular weight is 289 g/mol. The standard InChI is InChI=1S/C15H19N3OS/c1-10(2)3-8-14(19)18-15-17-13(9-20-15)11-4-6-12(16)7-5-11/h4-7,9-10H,3,8,16H2,1-2H3,(H,17,18,19). The van der Waals surface area contributed by atoms with E-state index in [2.05, 4.69) is 24.1 Å². The van der Waals surface area contributed by atoms with Gasteiger partial charge in [-0.05, 0) is 24.5 Å². The van der Waals surface area contributed by atoms with Crippen LogP contribution in [0.25, 0.3) is 11.3 Å². The van der Waals surface area contributed by atoms with E-state index in [1.54, 1.807) is 0 Å². The quantitative estimate of drug-likeness (QED) is 0.823. The molecule has 1 aromatic carbocycles. The summed E-state index contributed by atoms with van der Waals surface area (Å²) in [5.74, 6) is 0.555. The van der Waals surface area contributed by atoms with Gasteiger partial charge in [0.1, 0.15) is 0 Å². The molecular weight excluding hydrogens is 270 g/mol. The number of hydrogen-bond acceptors (Lipinski definition) is 4. The zero-order chi connectivity index (χ0) is 14.5. The Hall–Kier alpha value is -1.88. The Labute approximate surface area is 123 Å². The number of nitrogens with zero attached hydrogens (tertiary/aromatic N) is 1. The summed E-state index contributed by atoms with van der Waals surface area (Å²) in [5, 5.41) is 5.42. The molecule has 0 aliphatic heterocycles. The predicted molar refractivity (Wildman–Crippen MR) is 84.7 cm³/mol. The van der Waals surface area contributed by atoms with Gasteiger partial charge in [-0.25, -0.2) is 4.98 Å². The summed E-state index contributed by atoms with van der Waals surface area (Å²) in [6.45, 7) is 4.21. The summed E-state index contributed by atoms with van der Waals surface area (Å²) in [5.41, 5.74) is 8.24. The van der Waals surface area contributed by atoms with Gasteiger partial charge in [-0.2, -0.15) is 0 Å². The number of aromatic nitrogens is 1. The molecule has 20 heavy (non-hydrogen) atoms. The van der Waals surface area contributed by atoms with Crippen LogP contribution in [-0.2, 0) is 4.79 Å². The van der Waals surface area contributed by atoms with Crippen LogP contribution in [0.4, 0.5) is 10.8 Å². The van der Waals surface area contributed by atoms with E-state index in [1.807, 2.05) is 29.6 Å². The highest BCUT2D eigenvalue weighted by Crippen LogP contribution is 2.25. The highest BCUT2D eigenvalue weighted by atomic mass is 32.1. The molecule has 0 fully saturated rings. The van der Waals surface area contributed by atoms with Gasteiger partial charge in [-0.3, -0.25) is 4.79 Å². The Morgan fingerprint density at radius 3 is 2.70 bits per heavy atom. The third-order valence-electron chi connectivity index (χ3n) is 2.91. The van der Waals surface area contributed by atoms with Crippen LogP contribution in [0.5, 0.6) is 0 Å². The number of nitrogens with two attached hydrogens (primary N) is 1. The summed E-state index contributed by atoms with van der Waals surface area (Å²) < 4.78 is 0. The van der Waals surface area contributed by atoms with Crippen LogP contribution < -0.4 is 11.1 Å². The Bertz CT molecular complexity index is 575. The van der Waals surface area contributed by atoms with Crippen LogP contribution in [0.1, 0.15) is 26.7 Å². The van der Waals surface area contributed by atoms with Gasteiger partial charge in [0.15, 0.2) is 5.13 Å². The Morgan fingerprint density at radius 2 is 2.05 bits per heavy atom. The Morgan fingerprint density at radius 1 is 1.35 bits per heavy atom. The third kappa shape index (κ3) is 4.06. The maximum absolute atomic E-state index is 11.7. The first-order valence-corrected chi connectivity index (χ1v) is 7.54. The zero-order valence-electron chi connectivity index (χ0n) is 11.7. The van der Waals surface area contributed by atoms with Gasteiger partial charge < -0.3 is 11.1 Å². The highest BCUT2D eigenvalue weighted by molar-refractivity contribution is 7.14. The van der Waals surface area contributed by atoms with E-state index in [4.69, 9.17) is 5.73 Å². The number of nitrogens with one attached hydrogen (secondary N) is 1. The number of thiazole rings is 1. The summed E-state index contributed by atoms with van der Waals surface area (Å²) in [4.78, 5) is 16.2. The van der Waals surface area contributed by atoms with Crippen LogP contribution in [-0.4, -0.2) is 10.9 Å². The van der Waals surface area contributed by atoms with Crippen molar-refractivity contribution >= 4 is 28.1 Å². The van der Waals surface area contributed by atoms with E-state index in [-0.39, 0.29) is 5.91 Å². The normalized spacial score (nSPS) is 10.8. The lowest BCUT2D eigenvalue weighted by Crippen LogP contribution is -2.11. The highest BCUT2D eigenvalue weighted by Gasteiger charge is 2.08. The molecule has 1 amide bonds. The first-order chi connectivity index (χ1) is 9.54. The number of carbonyl (C=O) groups excluding carboxylic acids is 1. The SMILES string of the molecule is CC(C)CCC(=O)Nc1nc(-c2ccc(N)cc2)cs1. The largest absolute Gasteiger partial charge is 0.399 e. The number of nitrogen functional groups attached to an aromatic ring is 1. The first kappa shape index (κ1) is 14.5. The summed E-state index contributed by atoms with van der Waals surface area (Å²) in [7, 11) is 0. The van der Waals surface area contributed by atoms with Gasteiger partial charge in [0.05, 0.1) is 5.69 Å². The second-order valence-electron chi connectivity index (χ2n) is 5.14. The van der Waals surface area contributed by atoms with Crippen LogP contribution in [0.15, 0.2) is 29.6 Å². The lowest BCUT2D eigenvalue weighted by Gasteiger charge is -2.03. The molecule has 0 atom stereocenters. The van der Waals surface area contributed by atoms with Crippen molar-refractivity contribution < 1.29 is 4.79 Å². The van der Waals surface area contributed by atoms with Crippen molar-refractivity contribution in [3.63, 3.8) is 0 Å². The van der Waals surface area contributed by atoms with Crippen molar-refractivity contribution in [3.8, 4) is 11.3 Å². The molecule has 1 heterocycles. The van der Waals surface area contributed by atoms with Crippen LogP contribution >= 0.6 is 11.3 Å². The van der Waals surface area contributed by atoms with Crippen LogP contribution in [0.3, 0.4) is 0 Å². The second-order valence-corrected chi connectivity index (χ2v) is 6.00. The molecule has 0 saturated heterocycles. The summed E-state index contributed by atoms with van der Waals surface area (Å²) in [6, 6.07) is 7.54. The van der Waals surface area contributed by atoms with Gasteiger partial charge in [0.25, 0.3) is 0 Å². The molecule has 0 spiro atoms. The number of amides is 1. The third-order valence-corrected chi connectivity index (χ3v) is 3.66. The number of benzene rings is 1. The average Bonchev–Trinajstić information content (AvgIpc) is 2.85. The minimum atomic E-state index is 0.0249. The predicted octanol–water partition coefficient (Wildman–Crippen LogP) is 3.77. The molecular formula is C15H19N3OS. The number of hydrogen-bond donors (Lipinski definition) is 2. The fourth-order valence-electron chi connectivity index (χ4n) is 1.72. The van der Waals surface area contributed by atoms with E-state index in [0.717, 1.165) is 23.4 Å². The molecule has 0 unspecified atom stereocenters. The van der Waals surface area contributed by atoms with Crippen molar-refractivity contribution in [1.29, 1.82) is 0 Å². The van der Waals surface area contributed by atoms with E-state index in [9.17, 15) is 4.79 Å². The summed E-state index contributed by atoms with van der Waals surface area (Å²) in [6.07, 6.45) is 1.43. The van der Waals surface area contributed by atoms with Gasteiger partial charge in [0, 0.05) is 23.1 Å². The van der Waals surface area contributed by atoms with Gasteiger partial charge in [-0.15, -0.1) is 11.3 Å². The fourth-order valence-corrected chi connectivity index (χ4v) is 2.46. The summed E-state index contributed by atoms with van der Waals surface area (Å²) >= 11 is 1.44. The second kappa shape index (κ2) is 6.52. The molecule has 0 saturated carbocycles. The fraction of sp³-hybridized carbons (Fsp3) is 0.333. The molecule has 106 valence electrons. The van der Waals surface area contributed by atoms with Crippen LogP contribution in [0.2, 0.25) is 0 Å². The molecule has 0 aliphatic carbocycles. The maximum Gasteiger partial charge on any atom is 0.226 e. The lowest BCUT2D eigenvalue weighted by atomic mass is 10.1. The van der Waals surface area contributed by atoms with E-state index < -0.39 is 0 Å². The number of rotatable bonds is 5. The molecule has 2 rings (SSSR count). The Kier molecular flexibility index (Phi) is 4.74. The molecule has 1 aromatic heterocycles. The van der Waals surface area contributed by atoms with E-state index in [0.29, 0.717) is 17.5 Å². The molecule has 3 N–H and O–H groups in total. The van der Waals surface area contributed by atoms with Crippen molar-refractivity contribution in [2.45, 2.75) is 26.7 Å². The topological polar surface area (TPSA) is 68.0 Å². The molecule has 0 bridgehead atoms. The number of anilines is 2. The molecule has 4 nitrogen and oxygen atoms in total. The van der Waals surface area contributed by atoms with Crippen molar-refractivity contribution in [2.24, 2.45) is 5.92 Å². The maximum atomic E-state index is 11.7. The van der Waals surface area contributed by atoms with Gasteiger partial charge in [0.2, 0.25) is 5.91 Å². The van der Waals surface area contributed by atoms with Crippen LogP contribution in [0, 0.1) is 5.92 Å². The minimum absolute atomic E-state index is 0.0249. The smallest absolute Gasteiger partial charge is 0.226 e. The lowest BCUT2D eigenvalue weighted by molar-refractivity contribution is -0.116. The molecule has 5 heteroatoms. The van der Waals surface area contributed by atoms with Gasteiger partial charge >= 0.3 is 0 Å². The molecule has 0 radical (unpaired) electrons. The molecule has 0 aliphatic rings. The van der Waals surface area contributed by atoms with Crippen molar-refractivity contribution in [2.75, 3.05) is 11.1 Å².